The molecule has 8 heteroatoms. The highest BCUT2D eigenvalue weighted by Gasteiger charge is 2.09. The van der Waals surface area contributed by atoms with Crippen molar-refractivity contribution in [2.75, 3.05) is 45.9 Å². The van der Waals surface area contributed by atoms with Crippen molar-refractivity contribution in [3.8, 4) is 5.88 Å². The Hall–Kier alpha value is -1.13. The summed E-state index contributed by atoms with van der Waals surface area (Å²) >= 11 is 0. The first-order valence-electron chi connectivity index (χ1n) is 9.11. The van der Waals surface area contributed by atoms with Crippen LogP contribution in [0.3, 0.4) is 0 Å². The Morgan fingerprint density at radius 3 is 2.69 bits per heavy atom. The van der Waals surface area contributed by atoms with Crippen LogP contribution < -0.4 is 15.4 Å². The van der Waals surface area contributed by atoms with E-state index >= 15 is 0 Å². The Labute approximate surface area is 174 Å². The molecule has 1 aliphatic rings. The third-order valence-corrected chi connectivity index (χ3v) is 3.74. The molecule has 1 aromatic rings. The number of hydrogen-bond acceptors (Lipinski definition) is 5. The summed E-state index contributed by atoms with van der Waals surface area (Å²) in [5, 5.41) is 6.67. The fourth-order valence-electron chi connectivity index (χ4n) is 2.48. The lowest BCUT2D eigenvalue weighted by Crippen LogP contribution is -2.44. The topological polar surface area (TPSA) is 71.0 Å². The van der Waals surface area contributed by atoms with Crippen LogP contribution in [-0.4, -0.2) is 67.9 Å². The molecular weight excluding hydrogens is 445 g/mol. The van der Waals surface area contributed by atoms with Crippen LogP contribution in [0.5, 0.6) is 5.88 Å². The van der Waals surface area contributed by atoms with E-state index in [2.05, 4.69) is 32.4 Å². The van der Waals surface area contributed by atoms with Gasteiger partial charge in [-0.25, -0.2) is 9.98 Å². The van der Waals surface area contributed by atoms with E-state index in [0.29, 0.717) is 12.4 Å². The summed E-state index contributed by atoms with van der Waals surface area (Å²) in [6.45, 7) is 13.0. The average Bonchev–Trinajstić information content (AvgIpc) is 2.61. The zero-order chi connectivity index (χ0) is 17.9. The molecule has 1 saturated heterocycles. The third-order valence-electron chi connectivity index (χ3n) is 3.74. The van der Waals surface area contributed by atoms with Crippen molar-refractivity contribution in [3.63, 3.8) is 0 Å². The number of nitrogens with zero attached hydrogens (tertiary/aromatic N) is 3. The van der Waals surface area contributed by atoms with Crippen LogP contribution in [0.1, 0.15) is 26.3 Å². The molecule has 1 aromatic heterocycles. The zero-order valence-electron chi connectivity index (χ0n) is 16.0. The first kappa shape index (κ1) is 22.9. The van der Waals surface area contributed by atoms with Crippen LogP contribution in [-0.2, 0) is 11.3 Å². The van der Waals surface area contributed by atoms with E-state index in [1.165, 1.54) is 0 Å². The lowest BCUT2D eigenvalue weighted by atomic mass is 10.3. The summed E-state index contributed by atoms with van der Waals surface area (Å²) in [5.74, 6) is 1.48. The van der Waals surface area contributed by atoms with Gasteiger partial charge in [-0.1, -0.05) is 6.07 Å². The summed E-state index contributed by atoms with van der Waals surface area (Å²) in [7, 11) is 0. The Morgan fingerprint density at radius 2 is 2.08 bits per heavy atom. The second-order valence-electron chi connectivity index (χ2n) is 6.25. The van der Waals surface area contributed by atoms with Crippen LogP contribution in [0.2, 0.25) is 0 Å². The minimum absolute atomic E-state index is 0. The van der Waals surface area contributed by atoms with E-state index in [1.54, 1.807) is 0 Å². The first-order chi connectivity index (χ1) is 12.2. The molecule has 0 unspecified atom stereocenters. The van der Waals surface area contributed by atoms with E-state index in [4.69, 9.17) is 9.47 Å². The lowest BCUT2D eigenvalue weighted by molar-refractivity contribution is 0.0389. The van der Waals surface area contributed by atoms with E-state index in [1.807, 2.05) is 32.2 Å². The van der Waals surface area contributed by atoms with E-state index < -0.39 is 0 Å². The Balaban J connectivity index is 0.00000338. The largest absolute Gasteiger partial charge is 0.475 e. The molecular formula is C18H32IN5O2. The van der Waals surface area contributed by atoms with Crippen molar-refractivity contribution in [1.82, 2.24) is 20.5 Å². The average molecular weight is 477 g/mol. The minimum Gasteiger partial charge on any atom is -0.475 e. The van der Waals surface area contributed by atoms with Crippen molar-refractivity contribution < 1.29 is 9.47 Å². The molecule has 0 saturated carbocycles. The number of guanidine groups is 1. The Bertz CT molecular complexity index is 519. The molecule has 7 nitrogen and oxygen atoms in total. The number of aliphatic imine (C=N–C) groups is 1. The van der Waals surface area contributed by atoms with Crippen LogP contribution in [0, 0.1) is 0 Å². The van der Waals surface area contributed by atoms with Gasteiger partial charge in [0.15, 0.2) is 5.96 Å². The lowest BCUT2D eigenvalue weighted by Gasteiger charge is -2.26. The summed E-state index contributed by atoms with van der Waals surface area (Å²) in [6, 6.07) is 3.90. The number of aromatic nitrogens is 1. The second-order valence-corrected chi connectivity index (χ2v) is 6.25. The molecule has 2 rings (SSSR count). The monoisotopic (exact) mass is 477 g/mol. The second kappa shape index (κ2) is 13.1. The molecule has 26 heavy (non-hydrogen) atoms. The zero-order valence-corrected chi connectivity index (χ0v) is 18.4. The molecule has 148 valence electrons. The predicted molar refractivity (Wildman–Crippen MR) is 115 cm³/mol. The number of nitrogens with one attached hydrogen (secondary N) is 2. The summed E-state index contributed by atoms with van der Waals surface area (Å²) in [5.41, 5.74) is 1.06. The van der Waals surface area contributed by atoms with Gasteiger partial charge >= 0.3 is 0 Å². The van der Waals surface area contributed by atoms with Crippen LogP contribution in [0.4, 0.5) is 0 Å². The first-order valence-corrected chi connectivity index (χ1v) is 9.11. The molecule has 0 bridgehead atoms. The molecule has 1 fully saturated rings. The number of ether oxygens (including phenoxy) is 2. The highest BCUT2D eigenvalue weighted by Crippen LogP contribution is 2.10. The molecule has 0 aliphatic carbocycles. The Morgan fingerprint density at radius 1 is 1.31 bits per heavy atom. The van der Waals surface area contributed by atoms with Crippen molar-refractivity contribution in [2.24, 2.45) is 4.99 Å². The maximum atomic E-state index is 5.56. The molecule has 0 spiro atoms. The molecule has 0 amide bonds. The van der Waals surface area contributed by atoms with Gasteiger partial charge in [0.25, 0.3) is 0 Å². The van der Waals surface area contributed by atoms with Gasteiger partial charge in [0.1, 0.15) is 0 Å². The van der Waals surface area contributed by atoms with Crippen molar-refractivity contribution in [1.29, 1.82) is 0 Å². The Kier molecular flexibility index (Phi) is 11.5. The molecule has 0 radical (unpaired) electrons. The SMILES string of the molecule is CCNC(=NCc1ccc(OC(C)C)nc1)NCCN1CCOCC1.I. The van der Waals surface area contributed by atoms with E-state index in [-0.39, 0.29) is 30.1 Å². The van der Waals surface area contributed by atoms with Gasteiger partial charge in [0.2, 0.25) is 5.88 Å². The van der Waals surface area contributed by atoms with Gasteiger partial charge in [-0.2, -0.15) is 0 Å². The molecule has 2 heterocycles. The third kappa shape index (κ3) is 9.00. The van der Waals surface area contributed by atoms with Gasteiger partial charge in [-0.05, 0) is 26.3 Å². The van der Waals surface area contributed by atoms with Crippen LogP contribution in [0.25, 0.3) is 0 Å². The smallest absolute Gasteiger partial charge is 0.213 e. The van der Waals surface area contributed by atoms with Gasteiger partial charge in [0.05, 0.1) is 25.9 Å². The fourth-order valence-corrected chi connectivity index (χ4v) is 2.48. The highest BCUT2D eigenvalue weighted by atomic mass is 127. The normalized spacial score (nSPS) is 15.5. The quantitative estimate of drug-likeness (QED) is 0.339. The van der Waals surface area contributed by atoms with Crippen molar-refractivity contribution >= 4 is 29.9 Å². The van der Waals surface area contributed by atoms with E-state index in [9.17, 15) is 0 Å². The minimum atomic E-state index is 0. The van der Waals surface area contributed by atoms with Crippen molar-refractivity contribution in [2.45, 2.75) is 33.4 Å². The summed E-state index contributed by atoms with van der Waals surface area (Å²) in [6.07, 6.45) is 1.95. The maximum absolute atomic E-state index is 5.56. The highest BCUT2D eigenvalue weighted by molar-refractivity contribution is 14.0. The predicted octanol–water partition coefficient (Wildman–Crippen LogP) is 1.87. The number of halogens is 1. The van der Waals surface area contributed by atoms with E-state index in [0.717, 1.165) is 57.5 Å². The van der Waals surface area contributed by atoms with Gasteiger partial charge in [-0.3, -0.25) is 4.90 Å². The summed E-state index contributed by atoms with van der Waals surface area (Å²) in [4.78, 5) is 11.3. The number of rotatable bonds is 8. The number of morpholine rings is 1. The van der Waals surface area contributed by atoms with Gasteiger partial charge < -0.3 is 20.1 Å². The van der Waals surface area contributed by atoms with Crippen LogP contribution >= 0.6 is 24.0 Å². The molecule has 0 atom stereocenters. The van der Waals surface area contributed by atoms with Gasteiger partial charge in [-0.15, -0.1) is 24.0 Å². The number of hydrogen-bond donors (Lipinski definition) is 2. The maximum Gasteiger partial charge on any atom is 0.213 e. The fraction of sp³-hybridized carbons (Fsp3) is 0.667. The van der Waals surface area contributed by atoms with Crippen molar-refractivity contribution in [3.05, 3.63) is 23.9 Å². The molecule has 2 N–H and O–H groups in total. The molecule has 1 aliphatic heterocycles. The standard InChI is InChI=1S/C18H31N5O2.HI/c1-4-19-18(20-7-8-23-9-11-24-12-10-23)22-14-16-5-6-17(21-13-16)25-15(2)3;/h5-6,13,15H,4,7-12,14H2,1-3H3,(H2,19,20,22);1H. The summed E-state index contributed by atoms with van der Waals surface area (Å²) < 4.78 is 10.9. The number of pyridine rings is 1. The molecule has 0 aromatic carbocycles. The van der Waals surface area contributed by atoms with Gasteiger partial charge in [0, 0.05) is 45.0 Å². The van der Waals surface area contributed by atoms with Crippen LogP contribution in [0.15, 0.2) is 23.3 Å².